The number of halogens is 2. The minimum atomic E-state index is -0.424. The summed E-state index contributed by atoms with van der Waals surface area (Å²) < 4.78 is 7.02. The molecule has 2 aliphatic rings. The summed E-state index contributed by atoms with van der Waals surface area (Å²) in [6, 6.07) is 5.74. The van der Waals surface area contributed by atoms with E-state index in [0.717, 1.165) is 41.4 Å². The maximum Gasteiger partial charge on any atom is 0.0830 e. The van der Waals surface area contributed by atoms with Crippen LogP contribution in [-0.4, -0.2) is 17.3 Å². The first-order valence-electron chi connectivity index (χ1n) is 6.87. The Morgan fingerprint density at radius 1 is 1.42 bits per heavy atom. The summed E-state index contributed by atoms with van der Waals surface area (Å²) in [5.74, 6) is 0.293. The fourth-order valence-electron chi connectivity index (χ4n) is 3.25. The van der Waals surface area contributed by atoms with Crippen LogP contribution in [-0.2, 0) is 4.74 Å². The third kappa shape index (κ3) is 2.80. The van der Waals surface area contributed by atoms with Crippen molar-refractivity contribution in [1.29, 1.82) is 0 Å². The van der Waals surface area contributed by atoms with Gasteiger partial charge in [-0.2, -0.15) is 0 Å². The quantitative estimate of drug-likeness (QED) is 0.759. The molecule has 1 N–H and O–H groups in total. The molecule has 1 aliphatic heterocycles. The van der Waals surface area contributed by atoms with E-state index >= 15 is 0 Å². The van der Waals surface area contributed by atoms with Crippen LogP contribution in [0.5, 0.6) is 0 Å². The molecule has 1 heterocycles. The van der Waals surface area contributed by atoms with Gasteiger partial charge in [-0.05, 0) is 84.4 Å². The zero-order valence-electron chi connectivity index (χ0n) is 10.7. The number of benzene rings is 1. The molecule has 1 saturated carbocycles. The molecule has 2 nitrogen and oxygen atoms in total. The van der Waals surface area contributed by atoms with E-state index in [9.17, 15) is 5.11 Å². The third-order valence-electron chi connectivity index (χ3n) is 4.52. The number of ether oxygens (including phenoxy) is 1. The van der Waals surface area contributed by atoms with Crippen LogP contribution >= 0.6 is 34.2 Å². The van der Waals surface area contributed by atoms with Gasteiger partial charge in [0, 0.05) is 15.2 Å². The van der Waals surface area contributed by atoms with Crippen molar-refractivity contribution >= 4 is 34.2 Å². The second kappa shape index (κ2) is 5.51. The average Bonchev–Trinajstić information content (AvgIpc) is 2.39. The number of hydrogen-bond acceptors (Lipinski definition) is 2. The Balaban J connectivity index is 1.79. The molecule has 2 fully saturated rings. The number of aliphatic hydroxyl groups excluding tert-OH is 1. The van der Waals surface area contributed by atoms with E-state index in [-0.39, 0.29) is 5.60 Å². The van der Waals surface area contributed by atoms with Crippen LogP contribution < -0.4 is 0 Å². The Morgan fingerprint density at radius 2 is 2.21 bits per heavy atom. The van der Waals surface area contributed by atoms with Crippen LogP contribution in [0.4, 0.5) is 0 Å². The van der Waals surface area contributed by atoms with Crippen molar-refractivity contribution in [2.45, 2.75) is 43.8 Å². The van der Waals surface area contributed by atoms with Crippen molar-refractivity contribution in [3.05, 3.63) is 32.4 Å². The Kier molecular flexibility index (Phi) is 4.09. The molecule has 1 aliphatic carbocycles. The summed E-state index contributed by atoms with van der Waals surface area (Å²) in [6.07, 6.45) is 5.07. The van der Waals surface area contributed by atoms with Crippen molar-refractivity contribution in [3.63, 3.8) is 0 Å². The van der Waals surface area contributed by atoms with Crippen LogP contribution in [0.25, 0.3) is 0 Å². The van der Waals surface area contributed by atoms with Gasteiger partial charge in [0.15, 0.2) is 0 Å². The highest BCUT2D eigenvalue weighted by atomic mass is 127. The SMILES string of the molecule is OC(c1cc(Cl)ccc1I)C1CCOC2(CCC2)C1. The van der Waals surface area contributed by atoms with E-state index < -0.39 is 6.10 Å². The maximum atomic E-state index is 10.7. The fraction of sp³-hybridized carbons (Fsp3) is 0.600. The van der Waals surface area contributed by atoms with Gasteiger partial charge in [-0.25, -0.2) is 0 Å². The van der Waals surface area contributed by atoms with Crippen molar-refractivity contribution < 1.29 is 9.84 Å². The molecule has 0 aromatic heterocycles. The topological polar surface area (TPSA) is 29.5 Å². The monoisotopic (exact) mass is 392 g/mol. The molecule has 3 rings (SSSR count). The molecule has 0 radical (unpaired) electrons. The van der Waals surface area contributed by atoms with Gasteiger partial charge >= 0.3 is 0 Å². The second-order valence-corrected chi connectivity index (χ2v) is 7.35. The minimum Gasteiger partial charge on any atom is -0.388 e. The zero-order chi connectivity index (χ0) is 13.5. The Hall–Kier alpha value is 0.160. The van der Waals surface area contributed by atoms with Gasteiger partial charge in [0.25, 0.3) is 0 Å². The summed E-state index contributed by atoms with van der Waals surface area (Å²) in [4.78, 5) is 0. The molecule has 2 unspecified atom stereocenters. The van der Waals surface area contributed by atoms with Gasteiger partial charge in [-0.15, -0.1) is 0 Å². The average molecular weight is 393 g/mol. The first-order valence-corrected chi connectivity index (χ1v) is 8.32. The van der Waals surface area contributed by atoms with E-state index in [1.54, 1.807) is 0 Å². The molecular formula is C15H18ClIO2. The summed E-state index contributed by atoms with van der Waals surface area (Å²) in [5.41, 5.74) is 1.04. The van der Waals surface area contributed by atoms with Crippen LogP contribution in [0, 0.1) is 9.49 Å². The van der Waals surface area contributed by atoms with E-state index in [0.29, 0.717) is 10.9 Å². The van der Waals surface area contributed by atoms with Crippen molar-refractivity contribution in [3.8, 4) is 0 Å². The molecule has 1 saturated heterocycles. The third-order valence-corrected chi connectivity index (χ3v) is 5.74. The number of hydrogen-bond donors (Lipinski definition) is 1. The van der Waals surface area contributed by atoms with Gasteiger partial charge in [0.1, 0.15) is 0 Å². The highest BCUT2D eigenvalue weighted by molar-refractivity contribution is 14.1. The van der Waals surface area contributed by atoms with E-state index in [1.807, 2.05) is 18.2 Å². The summed E-state index contributed by atoms with van der Waals surface area (Å²) in [6.45, 7) is 0.777. The Morgan fingerprint density at radius 3 is 2.89 bits per heavy atom. The predicted molar refractivity (Wildman–Crippen MR) is 84.4 cm³/mol. The number of rotatable bonds is 2. The van der Waals surface area contributed by atoms with E-state index in [2.05, 4.69) is 22.6 Å². The molecule has 4 heteroatoms. The van der Waals surface area contributed by atoms with Crippen LogP contribution in [0.2, 0.25) is 5.02 Å². The maximum absolute atomic E-state index is 10.7. The first-order chi connectivity index (χ1) is 9.10. The highest BCUT2D eigenvalue weighted by Crippen LogP contribution is 2.47. The molecule has 104 valence electrons. The Bertz CT molecular complexity index is 473. The smallest absolute Gasteiger partial charge is 0.0830 e. The molecule has 1 aromatic carbocycles. The summed E-state index contributed by atoms with van der Waals surface area (Å²) in [7, 11) is 0. The molecule has 1 spiro atoms. The fourth-order valence-corrected chi connectivity index (χ4v) is 4.08. The first kappa shape index (κ1) is 14.1. The molecule has 1 aromatic rings. The van der Waals surface area contributed by atoms with E-state index in [4.69, 9.17) is 16.3 Å². The molecular weight excluding hydrogens is 375 g/mol. The molecule has 0 amide bonds. The molecule has 19 heavy (non-hydrogen) atoms. The van der Waals surface area contributed by atoms with Crippen molar-refractivity contribution in [2.75, 3.05) is 6.61 Å². The highest BCUT2D eigenvalue weighted by Gasteiger charge is 2.44. The van der Waals surface area contributed by atoms with Gasteiger partial charge in [0.05, 0.1) is 11.7 Å². The lowest BCUT2D eigenvalue weighted by molar-refractivity contribution is -0.157. The lowest BCUT2D eigenvalue weighted by Crippen LogP contribution is -2.46. The Labute approximate surface area is 132 Å². The van der Waals surface area contributed by atoms with Crippen LogP contribution in [0.3, 0.4) is 0 Å². The normalized spacial score (nSPS) is 27.0. The van der Waals surface area contributed by atoms with E-state index in [1.165, 1.54) is 6.42 Å². The van der Waals surface area contributed by atoms with Gasteiger partial charge < -0.3 is 9.84 Å². The predicted octanol–water partition coefficient (Wildman–Crippen LogP) is 4.33. The lowest BCUT2D eigenvalue weighted by atomic mass is 9.70. The summed E-state index contributed by atoms with van der Waals surface area (Å²) >= 11 is 8.33. The van der Waals surface area contributed by atoms with Crippen LogP contribution in [0.1, 0.15) is 43.8 Å². The largest absolute Gasteiger partial charge is 0.388 e. The van der Waals surface area contributed by atoms with Crippen molar-refractivity contribution in [1.82, 2.24) is 0 Å². The van der Waals surface area contributed by atoms with Crippen molar-refractivity contribution in [2.24, 2.45) is 5.92 Å². The zero-order valence-corrected chi connectivity index (χ0v) is 13.7. The van der Waals surface area contributed by atoms with Gasteiger partial charge in [0.2, 0.25) is 0 Å². The summed E-state index contributed by atoms with van der Waals surface area (Å²) in [5, 5.41) is 11.4. The minimum absolute atomic E-state index is 0.0773. The standard InChI is InChI=1S/C15H18ClIO2/c16-11-2-3-13(17)12(8-11)14(18)10-4-7-19-15(9-10)5-1-6-15/h2-3,8,10,14,18H,1,4-7,9H2. The number of aliphatic hydroxyl groups is 1. The van der Waals surface area contributed by atoms with Crippen LogP contribution in [0.15, 0.2) is 18.2 Å². The van der Waals surface area contributed by atoms with Gasteiger partial charge in [-0.3, -0.25) is 0 Å². The molecule has 2 atom stereocenters. The molecule has 0 bridgehead atoms. The second-order valence-electron chi connectivity index (χ2n) is 5.75. The van der Waals surface area contributed by atoms with Gasteiger partial charge in [-0.1, -0.05) is 11.6 Å². The lowest BCUT2D eigenvalue weighted by Gasteiger charge is -2.48.